The summed E-state index contributed by atoms with van der Waals surface area (Å²) in [7, 11) is 4.43. The van der Waals surface area contributed by atoms with Gasteiger partial charge in [-0.05, 0) is 73.9 Å². The van der Waals surface area contributed by atoms with E-state index in [9.17, 15) is 28.8 Å². The van der Waals surface area contributed by atoms with E-state index >= 15 is 0 Å². The van der Waals surface area contributed by atoms with Gasteiger partial charge in [-0.25, -0.2) is 15.0 Å². The minimum Gasteiger partial charge on any atom is -0.354 e. The summed E-state index contributed by atoms with van der Waals surface area (Å²) >= 11 is 0. The van der Waals surface area contributed by atoms with Crippen molar-refractivity contribution in [2.75, 3.05) is 60.4 Å². The van der Waals surface area contributed by atoms with Gasteiger partial charge in [0.25, 0.3) is 35.4 Å². The van der Waals surface area contributed by atoms with Crippen molar-refractivity contribution in [1.29, 1.82) is 0 Å². The zero-order valence-electron chi connectivity index (χ0n) is 28.4. The number of amides is 6. The number of aromatic nitrogens is 3. The van der Waals surface area contributed by atoms with Gasteiger partial charge < -0.3 is 31.9 Å². The summed E-state index contributed by atoms with van der Waals surface area (Å²) in [6, 6.07) is 9.47. The minimum absolute atomic E-state index is 0.0910. The molecule has 0 aliphatic heterocycles. The molecule has 6 N–H and O–H groups in total. The summed E-state index contributed by atoms with van der Waals surface area (Å²) < 4.78 is 0. The van der Waals surface area contributed by atoms with E-state index in [2.05, 4.69) is 46.9 Å². The van der Waals surface area contributed by atoms with E-state index in [1.54, 1.807) is 57.2 Å². The molecule has 16 nitrogen and oxygen atoms in total. The van der Waals surface area contributed by atoms with Crippen molar-refractivity contribution in [3.05, 3.63) is 87.3 Å². The smallest absolute Gasteiger partial charge is 0.269 e. The van der Waals surface area contributed by atoms with Crippen LogP contribution in [-0.2, 0) is 0 Å². The summed E-state index contributed by atoms with van der Waals surface area (Å²) in [5, 5.41) is 15.9. The second-order valence-corrected chi connectivity index (χ2v) is 11.1. The Labute approximate surface area is 284 Å². The fourth-order valence-corrected chi connectivity index (χ4v) is 4.67. The number of nitrogens with zero attached hydrogens (tertiary/aromatic N) is 4. The lowest BCUT2D eigenvalue weighted by Crippen LogP contribution is -2.43. The van der Waals surface area contributed by atoms with Crippen LogP contribution < -0.4 is 31.9 Å². The average Bonchev–Trinajstić information content (AvgIpc) is 3.09. The molecule has 0 atom stereocenters. The van der Waals surface area contributed by atoms with Gasteiger partial charge in [0.1, 0.15) is 34.2 Å². The van der Waals surface area contributed by atoms with Gasteiger partial charge in [0.15, 0.2) is 0 Å². The van der Waals surface area contributed by atoms with E-state index in [0.29, 0.717) is 36.3 Å². The fraction of sp³-hybridized carbons (Fsp3) is 0.364. The summed E-state index contributed by atoms with van der Waals surface area (Å²) in [4.78, 5) is 89.3. The lowest BCUT2D eigenvalue weighted by atomic mass is 10.2. The van der Waals surface area contributed by atoms with Crippen LogP contribution in [0.2, 0.25) is 0 Å². The largest absolute Gasteiger partial charge is 0.354 e. The zero-order valence-corrected chi connectivity index (χ0v) is 28.4. The number of pyridine rings is 3. The molecule has 0 aliphatic carbocycles. The van der Waals surface area contributed by atoms with Crippen molar-refractivity contribution in [2.45, 2.75) is 20.8 Å². The van der Waals surface area contributed by atoms with E-state index in [1.807, 2.05) is 4.90 Å². The second kappa shape index (κ2) is 18.0. The third-order valence-corrected chi connectivity index (χ3v) is 7.13. The van der Waals surface area contributed by atoms with Crippen LogP contribution in [0, 0.1) is 20.8 Å². The van der Waals surface area contributed by atoms with Gasteiger partial charge in [-0.1, -0.05) is 0 Å². The average molecular weight is 675 g/mol. The molecule has 260 valence electrons. The number of hydrogen-bond acceptors (Lipinski definition) is 10. The molecular formula is C33H42N10O6. The van der Waals surface area contributed by atoms with Crippen molar-refractivity contribution in [1.82, 2.24) is 51.8 Å². The van der Waals surface area contributed by atoms with Crippen LogP contribution in [0.5, 0.6) is 0 Å². The van der Waals surface area contributed by atoms with Gasteiger partial charge in [0.2, 0.25) is 0 Å². The van der Waals surface area contributed by atoms with E-state index in [1.165, 1.54) is 21.1 Å². The van der Waals surface area contributed by atoms with Crippen molar-refractivity contribution < 1.29 is 28.8 Å². The highest BCUT2D eigenvalue weighted by atomic mass is 16.2. The Hall–Kier alpha value is -5.77. The van der Waals surface area contributed by atoms with Gasteiger partial charge in [-0.15, -0.1) is 0 Å². The molecule has 3 heterocycles. The molecule has 0 bridgehead atoms. The second-order valence-electron chi connectivity index (χ2n) is 11.1. The third-order valence-electron chi connectivity index (χ3n) is 7.13. The number of hydrogen-bond donors (Lipinski definition) is 6. The van der Waals surface area contributed by atoms with Crippen molar-refractivity contribution in [3.8, 4) is 0 Å². The summed E-state index contributed by atoms with van der Waals surface area (Å²) in [6.45, 7) is 6.84. The topological polar surface area (TPSA) is 217 Å². The van der Waals surface area contributed by atoms with Crippen molar-refractivity contribution in [2.24, 2.45) is 0 Å². The van der Waals surface area contributed by atoms with Crippen LogP contribution in [0.3, 0.4) is 0 Å². The van der Waals surface area contributed by atoms with Gasteiger partial charge in [-0.2, -0.15) is 0 Å². The third kappa shape index (κ3) is 11.2. The molecule has 6 amide bonds. The number of aryl methyl sites for hydroxylation is 3. The molecule has 0 spiro atoms. The molecule has 0 saturated heterocycles. The fourth-order valence-electron chi connectivity index (χ4n) is 4.67. The summed E-state index contributed by atoms with van der Waals surface area (Å²) in [6.07, 6.45) is 0. The summed E-state index contributed by atoms with van der Waals surface area (Å²) in [5.41, 5.74) is 2.73. The SMILES string of the molecule is CNC(=O)c1cc(C)cc(C(=O)NCCN(CCNC(=O)c2cc(C)cc(C(=O)NC)n2)CCNC(=O)c2cc(C)cc(C(=O)NC)n2)n1. The number of carbonyl (C=O) groups excluding carboxylic acids is 6. The number of nitrogens with one attached hydrogen (secondary N) is 6. The standard InChI is InChI=1S/C33H42N10O6/c1-19-13-22(28(44)34-4)40-25(16-19)31(47)37-7-10-43(11-8-38-32(48)26-17-20(2)14-23(41-26)29(45)35-5)12-9-39-33(49)27-18-21(3)15-24(42-27)30(46)36-6/h13-18H,7-12H2,1-6H3,(H,34,44)(H,35,45)(H,36,46)(H,37,47)(H,38,48)(H,39,49). The highest BCUT2D eigenvalue weighted by Crippen LogP contribution is 2.08. The first kappa shape index (κ1) is 37.7. The van der Waals surface area contributed by atoms with E-state index in [0.717, 1.165) is 0 Å². The maximum atomic E-state index is 12.9. The first-order valence-electron chi connectivity index (χ1n) is 15.5. The number of rotatable bonds is 15. The first-order chi connectivity index (χ1) is 23.3. The van der Waals surface area contributed by atoms with E-state index in [4.69, 9.17) is 0 Å². The Kier molecular flexibility index (Phi) is 13.8. The van der Waals surface area contributed by atoms with Gasteiger partial charge in [0, 0.05) is 60.4 Å². The maximum Gasteiger partial charge on any atom is 0.269 e. The lowest BCUT2D eigenvalue weighted by molar-refractivity contribution is 0.0934. The Bertz CT molecular complexity index is 1530. The van der Waals surface area contributed by atoms with Crippen LogP contribution in [0.4, 0.5) is 0 Å². The van der Waals surface area contributed by atoms with Gasteiger partial charge >= 0.3 is 0 Å². The monoisotopic (exact) mass is 674 g/mol. The number of carbonyl (C=O) groups is 6. The Morgan fingerprint density at radius 1 is 0.449 bits per heavy atom. The molecule has 0 aromatic carbocycles. The predicted molar refractivity (Wildman–Crippen MR) is 181 cm³/mol. The molecule has 0 radical (unpaired) electrons. The molecule has 0 saturated carbocycles. The molecule has 16 heteroatoms. The van der Waals surface area contributed by atoms with Crippen LogP contribution in [0.1, 0.15) is 79.6 Å². The molecular weight excluding hydrogens is 632 g/mol. The van der Waals surface area contributed by atoms with Gasteiger partial charge in [-0.3, -0.25) is 33.7 Å². The first-order valence-corrected chi connectivity index (χ1v) is 15.5. The highest BCUT2D eigenvalue weighted by Gasteiger charge is 2.17. The molecule has 3 aromatic heterocycles. The normalized spacial score (nSPS) is 10.6. The molecule has 0 unspecified atom stereocenters. The molecule has 0 aliphatic rings. The Balaban J connectivity index is 1.66. The molecule has 3 aromatic rings. The highest BCUT2D eigenvalue weighted by molar-refractivity contribution is 5.98. The molecule has 49 heavy (non-hydrogen) atoms. The quantitative estimate of drug-likeness (QED) is 0.124. The van der Waals surface area contributed by atoms with Crippen molar-refractivity contribution >= 4 is 35.4 Å². The van der Waals surface area contributed by atoms with Gasteiger partial charge in [0.05, 0.1) is 0 Å². The molecule has 3 rings (SSSR count). The zero-order chi connectivity index (χ0) is 36.1. The Morgan fingerprint density at radius 3 is 0.898 bits per heavy atom. The van der Waals surface area contributed by atoms with Crippen molar-refractivity contribution in [3.63, 3.8) is 0 Å². The minimum atomic E-state index is -0.467. The maximum absolute atomic E-state index is 12.9. The predicted octanol–water partition coefficient (Wildman–Crippen LogP) is -0.233. The van der Waals surface area contributed by atoms with Crippen LogP contribution in [-0.4, -0.2) is 116 Å². The Morgan fingerprint density at radius 2 is 0.673 bits per heavy atom. The van der Waals surface area contributed by atoms with E-state index < -0.39 is 35.4 Å². The van der Waals surface area contributed by atoms with Crippen LogP contribution in [0.15, 0.2) is 36.4 Å². The molecule has 0 fully saturated rings. The van der Waals surface area contributed by atoms with Crippen LogP contribution in [0.25, 0.3) is 0 Å². The lowest BCUT2D eigenvalue weighted by Gasteiger charge is -2.23. The van der Waals surface area contributed by atoms with Crippen LogP contribution >= 0.6 is 0 Å². The van der Waals surface area contributed by atoms with E-state index in [-0.39, 0.29) is 53.8 Å². The summed E-state index contributed by atoms with van der Waals surface area (Å²) in [5.74, 6) is -2.64.